The molecule has 22 heavy (non-hydrogen) atoms. The molecule has 0 heterocycles. The molecule has 0 aliphatic heterocycles. The van der Waals surface area contributed by atoms with E-state index >= 15 is 0 Å². The molecule has 0 bridgehead atoms. The second kappa shape index (κ2) is 8.24. The summed E-state index contributed by atoms with van der Waals surface area (Å²) in [6.45, 7) is 3.78. The third kappa shape index (κ3) is 6.53. The van der Waals surface area contributed by atoms with Gasteiger partial charge in [0.2, 0.25) is 15.9 Å². The van der Waals surface area contributed by atoms with Crippen molar-refractivity contribution in [3.8, 4) is 0 Å². The minimum Gasteiger partial charge on any atom is -0.353 e. The highest BCUT2D eigenvalue weighted by Crippen LogP contribution is 2.06. The van der Waals surface area contributed by atoms with Crippen molar-refractivity contribution in [2.45, 2.75) is 32.7 Å². The van der Waals surface area contributed by atoms with Crippen LogP contribution in [0.1, 0.15) is 25.8 Å². The van der Waals surface area contributed by atoms with E-state index in [1.807, 2.05) is 13.8 Å². The lowest BCUT2D eigenvalue weighted by Crippen LogP contribution is -2.43. The Morgan fingerprint density at radius 3 is 2.41 bits per heavy atom. The van der Waals surface area contributed by atoms with Gasteiger partial charge in [0.1, 0.15) is 5.82 Å². The maximum absolute atomic E-state index is 12.8. The molecule has 0 radical (unpaired) electrons. The SMILES string of the molecule is CCC(C)NC(=O)CN(CCc1ccc(F)cc1)S(C)(=O)=O. The third-order valence-corrected chi connectivity index (χ3v) is 4.62. The first-order valence-electron chi connectivity index (χ1n) is 7.21. The lowest BCUT2D eigenvalue weighted by molar-refractivity contribution is -0.121. The summed E-state index contributed by atoms with van der Waals surface area (Å²) in [7, 11) is -3.48. The molecule has 1 amide bonds. The Morgan fingerprint density at radius 1 is 1.32 bits per heavy atom. The molecule has 1 N–H and O–H groups in total. The highest BCUT2D eigenvalue weighted by Gasteiger charge is 2.20. The molecule has 0 spiro atoms. The average molecular weight is 330 g/mol. The van der Waals surface area contributed by atoms with E-state index < -0.39 is 10.0 Å². The number of nitrogens with zero attached hydrogens (tertiary/aromatic N) is 1. The first-order chi connectivity index (χ1) is 10.2. The fraction of sp³-hybridized carbons (Fsp3) is 0.533. The smallest absolute Gasteiger partial charge is 0.235 e. The van der Waals surface area contributed by atoms with Crippen LogP contribution in [0.2, 0.25) is 0 Å². The molecule has 0 aliphatic carbocycles. The zero-order valence-corrected chi connectivity index (χ0v) is 14.0. The molecule has 0 saturated heterocycles. The number of nitrogens with one attached hydrogen (secondary N) is 1. The minimum absolute atomic E-state index is 0.00556. The molecule has 0 aromatic heterocycles. The number of carbonyl (C=O) groups is 1. The standard InChI is InChI=1S/C15H23FN2O3S/c1-4-12(2)17-15(19)11-18(22(3,20)21)10-9-13-5-7-14(16)8-6-13/h5-8,12H,4,9-11H2,1-3H3,(H,17,19). The molecular formula is C15H23FN2O3S. The molecule has 0 fully saturated rings. The van der Waals surface area contributed by atoms with E-state index in [4.69, 9.17) is 0 Å². The van der Waals surface area contributed by atoms with Crippen LogP contribution >= 0.6 is 0 Å². The number of carbonyl (C=O) groups excluding carboxylic acids is 1. The van der Waals surface area contributed by atoms with E-state index in [0.29, 0.717) is 6.42 Å². The van der Waals surface area contributed by atoms with Crippen molar-refractivity contribution >= 4 is 15.9 Å². The number of sulfonamides is 1. The second-order valence-electron chi connectivity index (χ2n) is 5.35. The fourth-order valence-electron chi connectivity index (χ4n) is 1.85. The van der Waals surface area contributed by atoms with Crippen LogP contribution in [0.25, 0.3) is 0 Å². The summed E-state index contributed by atoms with van der Waals surface area (Å²) in [6.07, 6.45) is 2.28. The van der Waals surface area contributed by atoms with E-state index in [-0.39, 0.29) is 30.9 Å². The summed E-state index contributed by atoms with van der Waals surface area (Å²) in [5.74, 6) is -0.657. The van der Waals surface area contributed by atoms with E-state index in [2.05, 4.69) is 5.32 Å². The summed E-state index contributed by atoms with van der Waals surface area (Å²) in [6, 6.07) is 5.88. The lowest BCUT2D eigenvalue weighted by Gasteiger charge is -2.20. The first kappa shape index (κ1) is 18.6. The molecule has 1 unspecified atom stereocenters. The van der Waals surface area contributed by atoms with Crippen molar-refractivity contribution in [1.29, 1.82) is 0 Å². The van der Waals surface area contributed by atoms with E-state index in [9.17, 15) is 17.6 Å². The summed E-state index contributed by atoms with van der Waals surface area (Å²) in [4.78, 5) is 11.9. The van der Waals surface area contributed by atoms with Crippen molar-refractivity contribution < 1.29 is 17.6 Å². The topological polar surface area (TPSA) is 66.5 Å². The van der Waals surface area contributed by atoms with Crippen molar-refractivity contribution in [2.75, 3.05) is 19.3 Å². The van der Waals surface area contributed by atoms with E-state index in [1.54, 1.807) is 12.1 Å². The number of halogens is 1. The molecule has 1 aromatic rings. The van der Waals surface area contributed by atoms with E-state index in [1.165, 1.54) is 12.1 Å². The molecule has 0 saturated carbocycles. The van der Waals surface area contributed by atoms with Gasteiger partial charge in [0.25, 0.3) is 0 Å². The Bertz CT molecular complexity index is 587. The average Bonchev–Trinajstić information content (AvgIpc) is 2.43. The van der Waals surface area contributed by atoms with Crippen LogP contribution in [0.4, 0.5) is 4.39 Å². The van der Waals surface area contributed by atoms with Gasteiger partial charge in [-0.25, -0.2) is 12.8 Å². The van der Waals surface area contributed by atoms with Crippen LogP contribution in [-0.2, 0) is 21.2 Å². The molecule has 0 aliphatic rings. The fourth-order valence-corrected chi connectivity index (χ4v) is 2.62. The van der Waals surface area contributed by atoms with Crippen LogP contribution in [0, 0.1) is 5.82 Å². The molecular weight excluding hydrogens is 307 g/mol. The molecule has 1 rings (SSSR count). The van der Waals surface area contributed by atoms with Gasteiger partial charge in [-0.15, -0.1) is 0 Å². The lowest BCUT2D eigenvalue weighted by atomic mass is 10.1. The van der Waals surface area contributed by atoms with Crippen molar-refractivity contribution in [2.24, 2.45) is 0 Å². The van der Waals surface area contributed by atoms with Crippen LogP contribution < -0.4 is 5.32 Å². The molecule has 124 valence electrons. The normalized spacial score (nSPS) is 13.1. The highest BCUT2D eigenvalue weighted by atomic mass is 32.2. The van der Waals surface area contributed by atoms with Gasteiger partial charge in [-0.05, 0) is 37.5 Å². The van der Waals surface area contributed by atoms with Gasteiger partial charge in [-0.3, -0.25) is 4.79 Å². The zero-order chi connectivity index (χ0) is 16.8. The minimum atomic E-state index is -3.48. The Labute approximate surface area is 131 Å². The summed E-state index contributed by atoms with van der Waals surface area (Å²) >= 11 is 0. The van der Waals surface area contributed by atoms with Crippen molar-refractivity contribution in [3.63, 3.8) is 0 Å². The maximum Gasteiger partial charge on any atom is 0.235 e. The largest absolute Gasteiger partial charge is 0.353 e. The highest BCUT2D eigenvalue weighted by molar-refractivity contribution is 7.88. The van der Waals surface area contributed by atoms with Gasteiger partial charge < -0.3 is 5.32 Å². The molecule has 7 heteroatoms. The predicted molar refractivity (Wildman–Crippen MR) is 84.4 cm³/mol. The van der Waals surface area contributed by atoms with Gasteiger partial charge >= 0.3 is 0 Å². The summed E-state index contributed by atoms with van der Waals surface area (Å²) < 4.78 is 37.5. The van der Waals surface area contributed by atoms with Gasteiger partial charge in [-0.1, -0.05) is 19.1 Å². The molecule has 1 aromatic carbocycles. The Morgan fingerprint density at radius 2 is 1.91 bits per heavy atom. The predicted octanol–water partition coefficient (Wildman–Crippen LogP) is 1.54. The Balaban J connectivity index is 2.65. The van der Waals surface area contributed by atoms with Crippen LogP contribution in [0.15, 0.2) is 24.3 Å². The van der Waals surface area contributed by atoms with Crippen LogP contribution in [0.3, 0.4) is 0 Å². The maximum atomic E-state index is 12.8. The Hall–Kier alpha value is -1.47. The van der Waals surface area contributed by atoms with Gasteiger partial charge in [0, 0.05) is 12.6 Å². The van der Waals surface area contributed by atoms with Crippen molar-refractivity contribution in [3.05, 3.63) is 35.6 Å². The van der Waals surface area contributed by atoms with Gasteiger partial charge in [0.15, 0.2) is 0 Å². The quantitative estimate of drug-likeness (QED) is 0.786. The number of benzene rings is 1. The first-order valence-corrected chi connectivity index (χ1v) is 9.06. The van der Waals surface area contributed by atoms with Gasteiger partial charge in [0.05, 0.1) is 12.8 Å². The number of rotatable bonds is 8. The number of amides is 1. The van der Waals surface area contributed by atoms with Gasteiger partial charge in [-0.2, -0.15) is 4.31 Å². The van der Waals surface area contributed by atoms with Crippen LogP contribution in [0.5, 0.6) is 0 Å². The second-order valence-corrected chi connectivity index (χ2v) is 7.33. The van der Waals surface area contributed by atoms with E-state index in [0.717, 1.165) is 22.5 Å². The molecule has 1 atom stereocenters. The summed E-state index contributed by atoms with van der Waals surface area (Å²) in [5.41, 5.74) is 0.817. The van der Waals surface area contributed by atoms with Crippen LogP contribution in [-0.4, -0.2) is 44.0 Å². The summed E-state index contributed by atoms with van der Waals surface area (Å²) in [5, 5.41) is 2.74. The zero-order valence-electron chi connectivity index (χ0n) is 13.2. The van der Waals surface area contributed by atoms with Crippen molar-refractivity contribution in [1.82, 2.24) is 9.62 Å². The number of hydrogen-bond acceptors (Lipinski definition) is 3. The number of hydrogen-bond donors (Lipinski definition) is 1. The third-order valence-electron chi connectivity index (χ3n) is 3.37. The monoisotopic (exact) mass is 330 g/mol. The Kier molecular flexibility index (Phi) is 6.96. The molecule has 5 nitrogen and oxygen atoms in total.